The number of hydrogen-bond donors (Lipinski definition) is 2. The van der Waals surface area contributed by atoms with Gasteiger partial charge < -0.3 is 9.79 Å². The van der Waals surface area contributed by atoms with Gasteiger partial charge in [0.15, 0.2) is 5.44 Å². The summed E-state index contributed by atoms with van der Waals surface area (Å²) < 4.78 is 11.6. The molecule has 2 N–H and O–H groups in total. The Morgan fingerprint density at radius 2 is 1.63 bits per heavy atom. The van der Waals surface area contributed by atoms with Gasteiger partial charge in [0.2, 0.25) is 0 Å². The van der Waals surface area contributed by atoms with E-state index in [1.54, 1.807) is 0 Å². The highest BCUT2D eigenvalue weighted by Gasteiger charge is 2.22. The van der Waals surface area contributed by atoms with Crippen LogP contribution in [0.5, 0.6) is 0 Å². The van der Waals surface area contributed by atoms with Crippen molar-refractivity contribution in [3.05, 3.63) is 76.8 Å². The van der Waals surface area contributed by atoms with Crippen molar-refractivity contribution in [2.45, 2.75) is 0 Å². The molecule has 1 aromatic heterocycles. The van der Waals surface area contributed by atoms with Crippen LogP contribution in [0, 0.1) is 10.1 Å². The summed E-state index contributed by atoms with van der Waals surface area (Å²) in [5.41, 5.74) is 0.975. The van der Waals surface area contributed by atoms with Gasteiger partial charge in [0.25, 0.3) is 5.69 Å². The molecule has 27 heavy (non-hydrogen) atoms. The van der Waals surface area contributed by atoms with Crippen LogP contribution in [0.3, 0.4) is 0 Å². The molecule has 0 amide bonds. The Morgan fingerprint density at radius 1 is 0.889 bits per heavy atom. The molecule has 4 rings (SSSR count). The average molecular weight is 380 g/mol. The van der Waals surface area contributed by atoms with Crippen molar-refractivity contribution in [2.75, 3.05) is 0 Å². The molecular formula is C19H13N2O5P. The van der Waals surface area contributed by atoms with E-state index in [0.717, 1.165) is 10.8 Å². The van der Waals surface area contributed by atoms with Crippen LogP contribution in [0.2, 0.25) is 0 Å². The van der Waals surface area contributed by atoms with Gasteiger partial charge in [-0.05, 0) is 22.4 Å². The standard InChI is InChI=1S/C19H13N2O5P/c22-21(23)14-10-13-8-9-18(27(24,25)26)20-19(13)17(11-14)16-7-3-5-12-4-1-2-6-15(12)16/h1-11H,(H2,24,25,26). The number of benzene rings is 3. The van der Waals surface area contributed by atoms with E-state index in [2.05, 4.69) is 4.98 Å². The number of nitro groups is 1. The number of aromatic nitrogens is 1. The van der Waals surface area contributed by atoms with Crippen LogP contribution in [0.1, 0.15) is 0 Å². The zero-order valence-corrected chi connectivity index (χ0v) is 14.7. The third kappa shape index (κ3) is 3.08. The van der Waals surface area contributed by atoms with Crippen molar-refractivity contribution in [1.82, 2.24) is 4.98 Å². The topological polar surface area (TPSA) is 114 Å². The predicted octanol–water partition coefficient (Wildman–Crippen LogP) is 3.77. The van der Waals surface area contributed by atoms with E-state index in [4.69, 9.17) is 0 Å². The van der Waals surface area contributed by atoms with Crippen LogP contribution >= 0.6 is 7.60 Å². The molecule has 134 valence electrons. The molecule has 4 aromatic rings. The summed E-state index contributed by atoms with van der Waals surface area (Å²) >= 11 is 0. The normalized spacial score (nSPS) is 11.8. The van der Waals surface area contributed by atoms with Gasteiger partial charge in [0, 0.05) is 23.1 Å². The predicted molar refractivity (Wildman–Crippen MR) is 103 cm³/mol. The Balaban J connectivity index is 2.13. The van der Waals surface area contributed by atoms with Crippen LogP contribution < -0.4 is 5.44 Å². The largest absolute Gasteiger partial charge is 0.374 e. The Hall–Kier alpha value is -3.12. The van der Waals surface area contributed by atoms with Crippen LogP contribution in [0.4, 0.5) is 5.69 Å². The summed E-state index contributed by atoms with van der Waals surface area (Å²) in [7, 11) is -4.56. The van der Waals surface area contributed by atoms with Gasteiger partial charge in [0.05, 0.1) is 10.4 Å². The number of nitro benzene ring substituents is 1. The van der Waals surface area contributed by atoms with Crippen LogP contribution in [-0.2, 0) is 4.57 Å². The van der Waals surface area contributed by atoms with Gasteiger partial charge in [0.1, 0.15) is 0 Å². The smallest absolute Gasteiger partial charge is 0.320 e. The lowest BCUT2D eigenvalue weighted by atomic mass is 9.96. The van der Waals surface area contributed by atoms with E-state index < -0.39 is 12.5 Å². The van der Waals surface area contributed by atoms with Crippen molar-refractivity contribution < 1.29 is 19.3 Å². The van der Waals surface area contributed by atoms with Crippen molar-refractivity contribution in [2.24, 2.45) is 0 Å². The Labute approximate surface area is 153 Å². The van der Waals surface area contributed by atoms with E-state index >= 15 is 0 Å². The zero-order chi connectivity index (χ0) is 19.2. The van der Waals surface area contributed by atoms with E-state index in [9.17, 15) is 24.5 Å². The summed E-state index contributed by atoms with van der Waals surface area (Å²) in [6.07, 6.45) is 0. The highest BCUT2D eigenvalue weighted by atomic mass is 31.2. The van der Waals surface area contributed by atoms with Gasteiger partial charge in [-0.25, -0.2) is 4.98 Å². The molecule has 3 aromatic carbocycles. The summed E-state index contributed by atoms with van der Waals surface area (Å²) in [5, 5.41) is 13.6. The van der Waals surface area contributed by atoms with Crippen molar-refractivity contribution in [3.63, 3.8) is 0 Å². The Bertz CT molecular complexity index is 1260. The van der Waals surface area contributed by atoms with Gasteiger partial charge in [-0.15, -0.1) is 0 Å². The third-order valence-electron chi connectivity index (χ3n) is 4.35. The number of rotatable bonds is 3. The molecule has 0 fully saturated rings. The molecular weight excluding hydrogens is 367 g/mol. The quantitative estimate of drug-likeness (QED) is 0.318. The Kier molecular flexibility index (Phi) is 4.00. The fourth-order valence-corrected chi connectivity index (χ4v) is 3.64. The lowest BCUT2D eigenvalue weighted by Gasteiger charge is -2.11. The zero-order valence-electron chi connectivity index (χ0n) is 13.8. The average Bonchev–Trinajstić information content (AvgIpc) is 2.65. The molecule has 0 aliphatic rings. The molecule has 0 unspecified atom stereocenters. The van der Waals surface area contributed by atoms with Crippen molar-refractivity contribution in [3.8, 4) is 11.1 Å². The molecule has 0 aliphatic heterocycles. The summed E-state index contributed by atoms with van der Waals surface area (Å²) in [5.74, 6) is 0. The molecule has 0 saturated heterocycles. The molecule has 0 spiro atoms. The fourth-order valence-electron chi connectivity index (χ4n) is 3.14. The van der Waals surface area contributed by atoms with Gasteiger partial charge in [-0.2, -0.15) is 0 Å². The lowest BCUT2D eigenvalue weighted by molar-refractivity contribution is -0.384. The van der Waals surface area contributed by atoms with E-state index in [1.165, 1.54) is 24.3 Å². The highest BCUT2D eigenvalue weighted by Crippen LogP contribution is 2.38. The molecule has 0 radical (unpaired) electrons. The highest BCUT2D eigenvalue weighted by molar-refractivity contribution is 7.60. The van der Waals surface area contributed by atoms with E-state index in [-0.39, 0.29) is 11.1 Å². The SMILES string of the molecule is O=[N+]([O-])c1cc(-c2cccc3ccccc23)c2nc(P(=O)(O)O)ccc2c1. The Morgan fingerprint density at radius 3 is 2.37 bits per heavy atom. The minimum atomic E-state index is -4.56. The van der Waals surface area contributed by atoms with Gasteiger partial charge >= 0.3 is 7.60 Å². The molecule has 0 atom stereocenters. The van der Waals surface area contributed by atoms with Crippen molar-refractivity contribution >= 4 is 40.4 Å². The molecule has 7 nitrogen and oxygen atoms in total. The van der Waals surface area contributed by atoms with E-state index in [0.29, 0.717) is 22.0 Å². The summed E-state index contributed by atoms with van der Waals surface area (Å²) in [4.78, 5) is 34.0. The van der Waals surface area contributed by atoms with Crippen LogP contribution in [0.25, 0.3) is 32.8 Å². The third-order valence-corrected chi connectivity index (χ3v) is 5.20. The summed E-state index contributed by atoms with van der Waals surface area (Å²) in [6, 6.07) is 18.5. The molecule has 8 heteroatoms. The fraction of sp³-hybridized carbons (Fsp3) is 0. The monoisotopic (exact) mass is 380 g/mol. The minimum Gasteiger partial charge on any atom is -0.320 e. The second-order valence-electron chi connectivity index (χ2n) is 6.06. The number of pyridine rings is 1. The molecule has 0 saturated carbocycles. The summed E-state index contributed by atoms with van der Waals surface area (Å²) in [6.45, 7) is 0. The molecule has 1 heterocycles. The number of non-ortho nitro benzene ring substituents is 1. The van der Waals surface area contributed by atoms with E-state index in [1.807, 2.05) is 42.5 Å². The molecule has 0 aliphatic carbocycles. The first kappa shape index (κ1) is 17.3. The first-order valence-electron chi connectivity index (χ1n) is 7.98. The first-order chi connectivity index (χ1) is 12.8. The maximum atomic E-state index is 11.6. The van der Waals surface area contributed by atoms with Crippen LogP contribution in [-0.4, -0.2) is 19.7 Å². The number of nitrogens with zero attached hydrogens (tertiary/aromatic N) is 2. The number of fused-ring (bicyclic) bond motifs is 2. The first-order valence-corrected chi connectivity index (χ1v) is 9.59. The van der Waals surface area contributed by atoms with Gasteiger partial charge in [-0.3, -0.25) is 14.7 Å². The second-order valence-corrected chi connectivity index (χ2v) is 7.61. The van der Waals surface area contributed by atoms with Crippen molar-refractivity contribution in [1.29, 1.82) is 0 Å². The maximum absolute atomic E-state index is 11.6. The molecule has 0 bridgehead atoms. The maximum Gasteiger partial charge on any atom is 0.374 e. The van der Waals surface area contributed by atoms with Gasteiger partial charge in [-0.1, -0.05) is 48.5 Å². The second kappa shape index (κ2) is 6.25. The number of hydrogen-bond acceptors (Lipinski definition) is 4. The van der Waals surface area contributed by atoms with Crippen LogP contribution in [0.15, 0.2) is 66.7 Å². The minimum absolute atomic E-state index is 0.115. The lowest BCUT2D eigenvalue weighted by Crippen LogP contribution is -2.09.